The molecular formula is C48H65N15O11S2. The van der Waals surface area contributed by atoms with Crippen LogP contribution in [0.3, 0.4) is 0 Å². The van der Waals surface area contributed by atoms with Gasteiger partial charge >= 0.3 is 5.97 Å². The summed E-state index contributed by atoms with van der Waals surface area (Å²) in [5, 5.41) is 30.7. The SMILES string of the molecule is CC(=O)N[C@@H](CS)C(=O)N[C@@H](CCC(=O)O)C(=O)N[C@@H](Cc1cnc[nH]1)C(=O)N[C@H](Cc1ccccc1)C(=O)N[C@@H](CCCN=C(N)N)C(=O)N[C@@H](Cc1c[nH]c2ccccc12)C(=O)N[C@@H](C)C(=O)N[C@@H](CS)C(N)=O. The number of guanidine groups is 1. The number of primary amides is 1. The Morgan fingerprint density at radius 1 is 0.618 bits per heavy atom. The van der Waals surface area contributed by atoms with E-state index in [1.165, 1.54) is 26.4 Å². The molecule has 0 fully saturated rings. The van der Waals surface area contributed by atoms with Crippen LogP contribution >= 0.6 is 25.3 Å². The van der Waals surface area contributed by atoms with Crippen LogP contribution in [-0.4, -0.2) is 152 Å². The zero-order valence-corrected chi connectivity index (χ0v) is 43.5. The summed E-state index contributed by atoms with van der Waals surface area (Å²) in [6.07, 6.45) is 2.82. The van der Waals surface area contributed by atoms with Crippen LogP contribution < -0.4 is 59.7 Å². The Morgan fingerprint density at radius 2 is 1.14 bits per heavy atom. The summed E-state index contributed by atoms with van der Waals surface area (Å²) in [6.45, 7) is 2.54. The van der Waals surface area contributed by atoms with Gasteiger partial charge in [-0.05, 0) is 43.4 Å². The maximum absolute atomic E-state index is 14.7. The van der Waals surface area contributed by atoms with Gasteiger partial charge in [0, 0.05) is 79.6 Å². The van der Waals surface area contributed by atoms with Crippen molar-refractivity contribution in [2.45, 2.75) is 107 Å². The summed E-state index contributed by atoms with van der Waals surface area (Å²) in [5.74, 6) is -9.33. The molecule has 0 saturated carbocycles. The molecule has 9 amide bonds. The molecule has 17 N–H and O–H groups in total. The van der Waals surface area contributed by atoms with E-state index in [1.54, 1.807) is 54.7 Å². The van der Waals surface area contributed by atoms with Crippen LogP contribution in [0.5, 0.6) is 0 Å². The molecule has 0 radical (unpaired) electrons. The number of nitrogens with two attached hydrogens (primary N) is 3. The second kappa shape index (κ2) is 30.3. The molecular weight excluding hydrogens is 1030 g/mol. The summed E-state index contributed by atoms with van der Waals surface area (Å²) in [4.78, 5) is 147. The number of thiol groups is 2. The van der Waals surface area contributed by atoms with Crippen LogP contribution in [0, 0.1) is 0 Å². The quantitative estimate of drug-likeness (QED) is 0.0104. The van der Waals surface area contributed by atoms with Gasteiger partial charge in [-0.1, -0.05) is 48.5 Å². The van der Waals surface area contributed by atoms with E-state index in [4.69, 9.17) is 17.2 Å². The molecule has 410 valence electrons. The van der Waals surface area contributed by atoms with Crippen molar-refractivity contribution in [3.63, 3.8) is 0 Å². The number of para-hydroxylation sites is 1. The number of carbonyl (C=O) groups excluding carboxylic acids is 9. The van der Waals surface area contributed by atoms with Crippen molar-refractivity contribution in [2.75, 3.05) is 18.1 Å². The van der Waals surface area contributed by atoms with E-state index in [1.807, 2.05) is 6.07 Å². The third-order valence-electron chi connectivity index (χ3n) is 11.6. The van der Waals surface area contributed by atoms with Gasteiger partial charge in [0.25, 0.3) is 0 Å². The molecule has 76 heavy (non-hydrogen) atoms. The van der Waals surface area contributed by atoms with Gasteiger partial charge in [-0.25, -0.2) is 4.98 Å². The number of aliphatic imine (C=N–C) groups is 1. The fourth-order valence-electron chi connectivity index (χ4n) is 7.61. The van der Waals surface area contributed by atoms with E-state index in [9.17, 15) is 53.1 Å². The van der Waals surface area contributed by atoms with E-state index in [0.29, 0.717) is 16.8 Å². The summed E-state index contributed by atoms with van der Waals surface area (Å²) in [5.41, 5.74) is 18.7. The van der Waals surface area contributed by atoms with E-state index in [-0.39, 0.29) is 56.1 Å². The average molecular weight is 1090 g/mol. The Hall–Kier alpha value is -8.14. The maximum Gasteiger partial charge on any atom is 0.303 e. The van der Waals surface area contributed by atoms with E-state index in [2.05, 4.69) is 87.7 Å². The van der Waals surface area contributed by atoms with Crippen LogP contribution in [0.1, 0.15) is 56.4 Å². The van der Waals surface area contributed by atoms with Gasteiger partial charge in [0.15, 0.2) is 5.96 Å². The first-order chi connectivity index (χ1) is 36.2. The molecule has 8 atom stereocenters. The first-order valence-electron chi connectivity index (χ1n) is 23.9. The number of amides is 9. The molecule has 0 aliphatic heterocycles. The molecule has 2 heterocycles. The smallest absolute Gasteiger partial charge is 0.303 e. The van der Waals surface area contributed by atoms with Crippen molar-refractivity contribution in [1.82, 2.24) is 57.5 Å². The molecule has 2 aromatic carbocycles. The van der Waals surface area contributed by atoms with Crippen LogP contribution in [0.15, 0.2) is 78.3 Å². The molecule has 0 aliphatic rings. The molecule has 2 aromatic heterocycles. The number of nitrogens with zero attached hydrogens (tertiary/aromatic N) is 2. The van der Waals surface area contributed by atoms with Gasteiger partial charge in [-0.15, -0.1) is 0 Å². The molecule has 28 heteroatoms. The molecule has 0 unspecified atom stereocenters. The number of aromatic amines is 2. The number of carboxylic acids is 1. The van der Waals surface area contributed by atoms with Gasteiger partial charge in [0.1, 0.15) is 48.3 Å². The number of hydrogen-bond donors (Lipinski definition) is 16. The Kier molecular flexibility index (Phi) is 24.1. The van der Waals surface area contributed by atoms with E-state index in [0.717, 1.165) is 10.9 Å². The second-order valence-electron chi connectivity index (χ2n) is 17.5. The highest BCUT2D eigenvalue weighted by Crippen LogP contribution is 2.20. The lowest BCUT2D eigenvalue weighted by Crippen LogP contribution is -2.61. The summed E-state index contributed by atoms with van der Waals surface area (Å²) >= 11 is 8.15. The van der Waals surface area contributed by atoms with Crippen molar-refractivity contribution in [3.8, 4) is 0 Å². The van der Waals surface area contributed by atoms with Gasteiger partial charge in [-0.2, -0.15) is 25.3 Å². The summed E-state index contributed by atoms with van der Waals surface area (Å²) in [6, 6.07) is 4.78. The Bertz CT molecular complexity index is 2690. The van der Waals surface area contributed by atoms with Crippen LogP contribution in [0.25, 0.3) is 10.9 Å². The second-order valence-corrected chi connectivity index (χ2v) is 18.3. The Morgan fingerprint density at radius 3 is 1.71 bits per heavy atom. The number of fused-ring (bicyclic) bond motifs is 1. The number of aromatic nitrogens is 3. The largest absolute Gasteiger partial charge is 0.481 e. The van der Waals surface area contributed by atoms with Gasteiger partial charge in [0.2, 0.25) is 53.2 Å². The molecule has 0 spiro atoms. The lowest BCUT2D eigenvalue weighted by molar-refractivity contribution is -0.138. The summed E-state index contributed by atoms with van der Waals surface area (Å²) in [7, 11) is 0. The Labute approximate surface area is 447 Å². The summed E-state index contributed by atoms with van der Waals surface area (Å²) < 4.78 is 0. The molecule has 4 rings (SSSR count). The van der Waals surface area contributed by atoms with Crippen molar-refractivity contribution < 1.29 is 53.1 Å². The minimum Gasteiger partial charge on any atom is -0.481 e. The van der Waals surface area contributed by atoms with E-state index >= 15 is 0 Å². The first-order valence-corrected chi connectivity index (χ1v) is 25.2. The highest BCUT2D eigenvalue weighted by molar-refractivity contribution is 7.80. The van der Waals surface area contributed by atoms with Crippen LogP contribution in [0.4, 0.5) is 0 Å². The standard InChI is InChI=1S/C48H65N15O11S2/c1-25(41(68)63-37(22-75)40(49)67)56-44(71)35(18-28-20-54-31-12-7-6-11-30(28)31)61-42(69)32(13-8-16-53-48(50)51)58-45(72)34(17-27-9-4-3-5-10-27)60-46(73)36(19-29-21-52-24-55-29)62-43(70)33(14-15-39(65)66)59-47(74)38(23-76)57-26(2)64/h3-7,9-12,20-21,24-25,32-38,54,75-76H,8,13-19,22-23H2,1-2H3,(H2,49,67)(H,52,55)(H,56,71)(H,57,64)(H,58,72)(H,59,74)(H,60,73)(H,61,69)(H,62,70)(H,63,68)(H,65,66)(H4,50,51,53)/t25-,32-,33-,34+,35-,36-,37-,38-/m0/s1. The number of H-pyrrole nitrogens is 2. The lowest BCUT2D eigenvalue weighted by atomic mass is 10.0. The predicted octanol–water partition coefficient (Wildman–Crippen LogP) is -2.90. The van der Waals surface area contributed by atoms with Crippen molar-refractivity contribution in [3.05, 3.63) is 90.1 Å². The minimum absolute atomic E-state index is 0.0159. The normalized spacial score (nSPS) is 14.1. The molecule has 26 nitrogen and oxygen atoms in total. The molecule has 4 aromatic rings. The number of hydrogen-bond acceptors (Lipinski definition) is 14. The third-order valence-corrected chi connectivity index (χ3v) is 12.3. The van der Waals surface area contributed by atoms with Crippen LogP contribution in [0.2, 0.25) is 0 Å². The van der Waals surface area contributed by atoms with E-state index < -0.39 is 120 Å². The number of nitrogens with one attached hydrogen (secondary N) is 10. The maximum atomic E-state index is 14.7. The minimum atomic E-state index is -1.53. The Balaban J connectivity index is 1.68. The number of carboxylic acid groups (broad SMARTS) is 1. The number of benzene rings is 2. The number of aliphatic carboxylic acids is 1. The monoisotopic (exact) mass is 1090 g/mol. The van der Waals surface area contributed by atoms with Gasteiger partial charge < -0.3 is 74.8 Å². The highest BCUT2D eigenvalue weighted by atomic mass is 32.1. The molecule has 0 bridgehead atoms. The molecule has 0 aliphatic carbocycles. The average Bonchev–Trinajstić information content (AvgIpc) is 4.06. The fraction of sp³-hybridized carbons (Fsp3) is 0.417. The number of imidazole rings is 1. The third kappa shape index (κ3) is 19.6. The number of carbonyl (C=O) groups is 10. The first kappa shape index (κ1) is 60.4. The number of rotatable bonds is 31. The van der Waals surface area contributed by atoms with Crippen LogP contribution in [-0.2, 0) is 67.2 Å². The predicted molar refractivity (Wildman–Crippen MR) is 285 cm³/mol. The molecule has 0 saturated heterocycles. The zero-order chi connectivity index (χ0) is 55.9. The lowest BCUT2D eigenvalue weighted by Gasteiger charge is -2.28. The topological polar surface area (TPSA) is 422 Å². The fourth-order valence-corrected chi connectivity index (χ4v) is 8.14. The van der Waals surface area contributed by atoms with Gasteiger partial charge in [-0.3, -0.25) is 52.9 Å². The van der Waals surface area contributed by atoms with Gasteiger partial charge in [0.05, 0.1) is 6.33 Å². The van der Waals surface area contributed by atoms with Crippen molar-refractivity contribution >= 4 is 101 Å². The van der Waals surface area contributed by atoms with Crippen molar-refractivity contribution in [2.24, 2.45) is 22.2 Å². The zero-order valence-electron chi connectivity index (χ0n) is 41.7. The van der Waals surface area contributed by atoms with Crippen molar-refractivity contribution in [1.29, 1.82) is 0 Å². The highest BCUT2D eigenvalue weighted by Gasteiger charge is 2.35.